The molecule has 1 aromatic carbocycles. The number of anilines is 1. The van der Waals surface area contributed by atoms with E-state index in [4.69, 9.17) is 15.2 Å². The SMILES string of the molecule is COCCCNC(=O)c1ccc(OCCN(C)C)c(N)c1. The van der Waals surface area contributed by atoms with E-state index in [0.717, 1.165) is 13.0 Å². The number of carbonyl (C=O) groups is 1. The third kappa shape index (κ3) is 6.46. The monoisotopic (exact) mass is 295 g/mol. The lowest BCUT2D eigenvalue weighted by Crippen LogP contribution is -2.25. The van der Waals surface area contributed by atoms with Gasteiger partial charge in [0.15, 0.2) is 0 Å². The zero-order valence-corrected chi connectivity index (χ0v) is 13.0. The number of methoxy groups -OCH3 is 1. The number of likely N-dealkylation sites (N-methyl/N-ethyl adjacent to an activating group) is 1. The second-order valence-corrected chi connectivity index (χ2v) is 5.01. The molecule has 0 atom stereocenters. The van der Waals surface area contributed by atoms with E-state index >= 15 is 0 Å². The Hall–Kier alpha value is -1.79. The Kier molecular flexibility index (Phi) is 7.56. The number of nitrogens with one attached hydrogen (secondary N) is 1. The molecule has 0 radical (unpaired) electrons. The summed E-state index contributed by atoms with van der Waals surface area (Å²) >= 11 is 0. The Morgan fingerprint density at radius 1 is 1.33 bits per heavy atom. The van der Waals surface area contributed by atoms with Crippen molar-refractivity contribution in [2.24, 2.45) is 0 Å². The van der Waals surface area contributed by atoms with Gasteiger partial charge in [-0.2, -0.15) is 0 Å². The molecule has 0 unspecified atom stereocenters. The van der Waals surface area contributed by atoms with Crippen LogP contribution >= 0.6 is 0 Å². The summed E-state index contributed by atoms with van der Waals surface area (Å²) in [6.07, 6.45) is 0.781. The number of hydrogen-bond acceptors (Lipinski definition) is 5. The van der Waals surface area contributed by atoms with Crippen LogP contribution in [0.15, 0.2) is 18.2 Å². The summed E-state index contributed by atoms with van der Waals surface area (Å²) in [5.41, 5.74) is 6.92. The van der Waals surface area contributed by atoms with Crippen molar-refractivity contribution in [3.05, 3.63) is 23.8 Å². The van der Waals surface area contributed by atoms with Crippen molar-refractivity contribution in [3.8, 4) is 5.75 Å². The molecule has 0 aliphatic rings. The molecule has 0 aromatic heterocycles. The quantitative estimate of drug-likeness (QED) is 0.524. The zero-order valence-electron chi connectivity index (χ0n) is 13.0. The summed E-state index contributed by atoms with van der Waals surface area (Å²) in [5.74, 6) is 0.463. The fourth-order valence-corrected chi connectivity index (χ4v) is 1.68. The number of ether oxygens (including phenoxy) is 2. The Labute approximate surface area is 126 Å². The molecule has 118 valence electrons. The van der Waals surface area contributed by atoms with Crippen molar-refractivity contribution in [1.29, 1.82) is 0 Å². The highest BCUT2D eigenvalue weighted by Gasteiger charge is 2.08. The Morgan fingerprint density at radius 3 is 2.71 bits per heavy atom. The molecule has 1 rings (SSSR count). The minimum Gasteiger partial charge on any atom is -0.490 e. The Balaban J connectivity index is 2.50. The molecule has 0 saturated carbocycles. The van der Waals surface area contributed by atoms with Crippen LogP contribution in [-0.2, 0) is 4.74 Å². The number of nitrogens with two attached hydrogens (primary N) is 1. The van der Waals surface area contributed by atoms with Crippen LogP contribution in [0.3, 0.4) is 0 Å². The number of nitrogens with zero attached hydrogens (tertiary/aromatic N) is 1. The van der Waals surface area contributed by atoms with E-state index in [1.165, 1.54) is 0 Å². The first-order chi connectivity index (χ1) is 10.0. The first kappa shape index (κ1) is 17.3. The summed E-state index contributed by atoms with van der Waals surface area (Å²) in [6.45, 7) is 2.57. The average molecular weight is 295 g/mol. The molecule has 21 heavy (non-hydrogen) atoms. The minimum atomic E-state index is -0.141. The maximum Gasteiger partial charge on any atom is 0.251 e. The lowest BCUT2D eigenvalue weighted by molar-refractivity contribution is 0.0948. The molecule has 6 heteroatoms. The highest BCUT2D eigenvalue weighted by Crippen LogP contribution is 2.22. The first-order valence-electron chi connectivity index (χ1n) is 6.98. The van der Waals surface area contributed by atoms with Gasteiger partial charge in [-0.3, -0.25) is 4.79 Å². The van der Waals surface area contributed by atoms with Crippen molar-refractivity contribution in [2.75, 3.05) is 53.2 Å². The molecular formula is C15H25N3O3. The van der Waals surface area contributed by atoms with Crippen LogP contribution in [0.25, 0.3) is 0 Å². The molecule has 1 aromatic rings. The molecular weight excluding hydrogens is 270 g/mol. The third-order valence-electron chi connectivity index (χ3n) is 2.88. The highest BCUT2D eigenvalue weighted by atomic mass is 16.5. The Bertz CT molecular complexity index is 450. The number of carbonyl (C=O) groups excluding carboxylic acids is 1. The number of rotatable bonds is 9. The fourth-order valence-electron chi connectivity index (χ4n) is 1.68. The van der Waals surface area contributed by atoms with Gasteiger partial charge in [-0.05, 0) is 38.7 Å². The summed E-state index contributed by atoms with van der Waals surface area (Å²) in [5, 5.41) is 2.82. The zero-order chi connectivity index (χ0) is 15.7. The standard InChI is InChI=1S/C15H25N3O3/c1-18(2)8-10-21-14-6-5-12(11-13(14)16)15(19)17-7-4-9-20-3/h5-6,11H,4,7-10,16H2,1-3H3,(H,17,19). The van der Waals surface area contributed by atoms with E-state index in [1.807, 2.05) is 19.0 Å². The molecule has 0 aliphatic heterocycles. The minimum absolute atomic E-state index is 0.141. The molecule has 0 aliphatic carbocycles. The van der Waals surface area contributed by atoms with Gasteiger partial charge in [-0.15, -0.1) is 0 Å². The second kappa shape index (κ2) is 9.20. The smallest absolute Gasteiger partial charge is 0.251 e. The third-order valence-corrected chi connectivity index (χ3v) is 2.88. The van der Waals surface area contributed by atoms with Gasteiger partial charge >= 0.3 is 0 Å². The van der Waals surface area contributed by atoms with Gasteiger partial charge in [0.2, 0.25) is 0 Å². The van der Waals surface area contributed by atoms with Crippen LogP contribution < -0.4 is 15.8 Å². The van der Waals surface area contributed by atoms with Gasteiger partial charge in [0.05, 0.1) is 5.69 Å². The predicted octanol–water partition coefficient (Wildman–Crippen LogP) is 0.976. The van der Waals surface area contributed by atoms with Crippen molar-refractivity contribution in [1.82, 2.24) is 10.2 Å². The van der Waals surface area contributed by atoms with E-state index in [9.17, 15) is 4.79 Å². The molecule has 6 nitrogen and oxygen atoms in total. The van der Waals surface area contributed by atoms with Crippen molar-refractivity contribution in [3.63, 3.8) is 0 Å². The molecule has 0 bridgehead atoms. The maximum atomic E-state index is 11.9. The molecule has 0 fully saturated rings. The lowest BCUT2D eigenvalue weighted by Gasteiger charge is -2.13. The number of benzene rings is 1. The van der Waals surface area contributed by atoms with E-state index in [2.05, 4.69) is 5.32 Å². The van der Waals surface area contributed by atoms with Crippen LogP contribution in [0.1, 0.15) is 16.8 Å². The van der Waals surface area contributed by atoms with Gasteiger partial charge in [-0.1, -0.05) is 0 Å². The largest absolute Gasteiger partial charge is 0.490 e. The maximum absolute atomic E-state index is 11.9. The van der Waals surface area contributed by atoms with E-state index in [1.54, 1.807) is 25.3 Å². The van der Waals surface area contributed by atoms with E-state index in [-0.39, 0.29) is 5.91 Å². The number of amides is 1. The fraction of sp³-hybridized carbons (Fsp3) is 0.533. The van der Waals surface area contributed by atoms with Crippen LogP contribution in [-0.4, -0.2) is 58.3 Å². The highest BCUT2D eigenvalue weighted by molar-refractivity contribution is 5.95. The van der Waals surface area contributed by atoms with Crippen LogP contribution in [0.4, 0.5) is 5.69 Å². The van der Waals surface area contributed by atoms with Gasteiger partial charge < -0.3 is 25.4 Å². The second-order valence-electron chi connectivity index (χ2n) is 5.01. The molecule has 0 heterocycles. The van der Waals surface area contributed by atoms with Gasteiger partial charge in [0, 0.05) is 32.4 Å². The average Bonchev–Trinajstić information content (AvgIpc) is 2.44. The van der Waals surface area contributed by atoms with Crippen LogP contribution in [0.2, 0.25) is 0 Å². The van der Waals surface area contributed by atoms with Crippen molar-refractivity contribution in [2.45, 2.75) is 6.42 Å². The summed E-state index contributed by atoms with van der Waals surface area (Å²) in [7, 11) is 5.59. The summed E-state index contributed by atoms with van der Waals surface area (Å²) < 4.78 is 10.5. The lowest BCUT2D eigenvalue weighted by atomic mass is 10.1. The molecule has 3 N–H and O–H groups in total. The van der Waals surface area contributed by atoms with Crippen LogP contribution in [0.5, 0.6) is 5.75 Å². The van der Waals surface area contributed by atoms with Gasteiger partial charge in [-0.25, -0.2) is 0 Å². The van der Waals surface area contributed by atoms with Crippen molar-refractivity contribution < 1.29 is 14.3 Å². The summed E-state index contributed by atoms with van der Waals surface area (Å²) in [4.78, 5) is 13.9. The summed E-state index contributed by atoms with van der Waals surface area (Å²) in [6, 6.07) is 5.08. The Morgan fingerprint density at radius 2 is 2.10 bits per heavy atom. The first-order valence-corrected chi connectivity index (χ1v) is 6.98. The van der Waals surface area contributed by atoms with Crippen LogP contribution in [0, 0.1) is 0 Å². The van der Waals surface area contributed by atoms with Gasteiger partial charge in [0.25, 0.3) is 5.91 Å². The molecule has 1 amide bonds. The molecule has 0 spiro atoms. The molecule has 0 saturated heterocycles. The van der Waals surface area contributed by atoms with E-state index in [0.29, 0.717) is 36.8 Å². The number of nitrogen functional groups attached to an aromatic ring is 1. The van der Waals surface area contributed by atoms with Crippen molar-refractivity contribution >= 4 is 11.6 Å². The van der Waals surface area contributed by atoms with E-state index < -0.39 is 0 Å². The number of hydrogen-bond donors (Lipinski definition) is 2. The predicted molar refractivity (Wildman–Crippen MR) is 83.7 cm³/mol. The van der Waals surface area contributed by atoms with Gasteiger partial charge in [0.1, 0.15) is 12.4 Å². The topological polar surface area (TPSA) is 76.8 Å². The normalized spacial score (nSPS) is 10.7.